The average molecular weight is 218 g/mol. The van der Waals surface area contributed by atoms with E-state index in [0.717, 1.165) is 12.8 Å². The number of carbonyl (C=O) groups excluding carboxylic acids is 1. The second-order valence-electron chi connectivity index (χ2n) is 3.29. The van der Waals surface area contributed by atoms with Crippen LogP contribution >= 0.6 is 0 Å². The van der Waals surface area contributed by atoms with Gasteiger partial charge < -0.3 is 20.5 Å². The predicted octanol–water partition coefficient (Wildman–Crippen LogP) is -0.107. The maximum atomic E-state index is 11.3. The van der Waals surface area contributed by atoms with E-state index >= 15 is 0 Å². The largest absolute Gasteiger partial charge is 0.382 e. The van der Waals surface area contributed by atoms with Gasteiger partial charge in [0.2, 0.25) is 5.91 Å². The fourth-order valence-corrected chi connectivity index (χ4v) is 1.06. The molecule has 0 aliphatic carbocycles. The molecule has 90 valence electrons. The first-order chi connectivity index (χ1) is 7.22. The number of methoxy groups -OCH3 is 1. The van der Waals surface area contributed by atoms with Crippen molar-refractivity contribution >= 4 is 5.91 Å². The van der Waals surface area contributed by atoms with Crippen molar-refractivity contribution in [2.24, 2.45) is 5.73 Å². The van der Waals surface area contributed by atoms with Crippen molar-refractivity contribution in [2.45, 2.75) is 25.8 Å². The second kappa shape index (κ2) is 9.89. The summed E-state index contributed by atoms with van der Waals surface area (Å²) in [6.45, 7) is 4.12. The molecule has 1 amide bonds. The van der Waals surface area contributed by atoms with Crippen LogP contribution in [0.5, 0.6) is 0 Å². The zero-order valence-electron chi connectivity index (χ0n) is 9.62. The maximum Gasteiger partial charge on any atom is 0.236 e. The SMILES string of the molecule is CCC[C@@H](N)C(=O)NCCOCCOC. The number of amides is 1. The Hall–Kier alpha value is -0.650. The lowest BCUT2D eigenvalue weighted by Crippen LogP contribution is -2.41. The van der Waals surface area contributed by atoms with Gasteiger partial charge in [-0.3, -0.25) is 4.79 Å². The summed E-state index contributed by atoms with van der Waals surface area (Å²) in [5.74, 6) is -0.104. The number of rotatable bonds is 9. The van der Waals surface area contributed by atoms with Crippen LogP contribution < -0.4 is 11.1 Å². The van der Waals surface area contributed by atoms with Gasteiger partial charge in [0.15, 0.2) is 0 Å². The first-order valence-corrected chi connectivity index (χ1v) is 5.32. The fraction of sp³-hybridized carbons (Fsp3) is 0.900. The minimum atomic E-state index is -0.394. The van der Waals surface area contributed by atoms with Crippen LogP contribution in [0.1, 0.15) is 19.8 Å². The third kappa shape index (κ3) is 8.35. The van der Waals surface area contributed by atoms with Gasteiger partial charge in [-0.15, -0.1) is 0 Å². The molecule has 0 fully saturated rings. The van der Waals surface area contributed by atoms with Crippen molar-refractivity contribution in [3.63, 3.8) is 0 Å². The summed E-state index contributed by atoms with van der Waals surface area (Å²) in [7, 11) is 1.62. The van der Waals surface area contributed by atoms with Crippen molar-refractivity contribution in [2.75, 3.05) is 33.5 Å². The van der Waals surface area contributed by atoms with Gasteiger partial charge in [0.1, 0.15) is 0 Å². The number of carbonyl (C=O) groups is 1. The number of nitrogens with one attached hydrogen (secondary N) is 1. The molecular formula is C10H22N2O3. The molecule has 5 nitrogen and oxygen atoms in total. The van der Waals surface area contributed by atoms with Gasteiger partial charge in [0.25, 0.3) is 0 Å². The van der Waals surface area contributed by atoms with Gasteiger partial charge in [-0.2, -0.15) is 0 Å². The molecule has 0 aromatic rings. The van der Waals surface area contributed by atoms with Crippen LogP contribution in [0.4, 0.5) is 0 Å². The maximum absolute atomic E-state index is 11.3. The molecule has 0 aliphatic heterocycles. The molecule has 0 saturated carbocycles. The van der Waals surface area contributed by atoms with E-state index < -0.39 is 6.04 Å². The molecule has 15 heavy (non-hydrogen) atoms. The second-order valence-corrected chi connectivity index (χ2v) is 3.29. The Bertz CT molecular complexity index is 165. The van der Waals surface area contributed by atoms with Crippen LogP contribution in [0.3, 0.4) is 0 Å². The third-order valence-electron chi connectivity index (χ3n) is 1.91. The quantitative estimate of drug-likeness (QED) is 0.530. The molecule has 0 aromatic heterocycles. The minimum absolute atomic E-state index is 0.104. The summed E-state index contributed by atoms with van der Waals surface area (Å²) in [6, 6.07) is -0.394. The summed E-state index contributed by atoms with van der Waals surface area (Å²) < 4.78 is 9.99. The number of nitrogens with two attached hydrogens (primary N) is 1. The lowest BCUT2D eigenvalue weighted by Gasteiger charge is -2.11. The number of hydrogen-bond acceptors (Lipinski definition) is 4. The van der Waals surface area contributed by atoms with Crippen LogP contribution in [0, 0.1) is 0 Å². The Balaban J connectivity index is 3.30. The summed E-state index contributed by atoms with van der Waals surface area (Å²) in [6.07, 6.45) is 1.63. The molecule has 3 N–H and O–H groups in total. The van der Waals surface area contributed by atoms with Crippen molar-refractivity contribution in [3.05, 3.63) is 0 Å². The van der Waals surface area contributed by atoms with Crippen molar-refractivity contribution in [1.29, 1.82) is 0 Å². The molecule has 0 saturated heterocycles. The van der Waals surface area contributed by atoms with Crippen molar-refractivity contribution < 1.29 is 14.3 Å². The smallest absolute Gasteiger partial charge is 0.236 e. The number of hydrogen-bond donors (Lipinski definition) is 2. The summed E-state index contributed by atoms with van der Waals surface area (Å²) >= 11 is 0. The molecule has 0 radical (unpaired) electrons. The molecule has 1 atom stereocenters. The molecule has 0 aliphatic rings. The molecule has 0 unspecified atom stereocenters. The zero-order chi connectivity index (χ0) is 11.5. The van der Waals surface area contributed by atoms with Crippen LogP contribution in [0.25, 0.3) is 0 Å². The topological polar surface area (TPSA) is 73.6 Å². The highest BCUT2D eigenvalue weighted by molar-refractivity contribution is 5.81. The average Bonchev–Trinajstić information content (AvgIpc) is 2.23. The van der Waals surface area contributed by atoms with Gasteiger partial charge in [0, 0.05) is 13.7 Å². The van der Waals surface area contributed by atoms with Crippen LogP contribution in [0.2, 0.25) is 0 Å². The van der Waals surface area contributed by atoms with E-state index in [1.807, 2.05) is 6.92 Å². The number of ether oxygens (including phenoxy) is 2. The van der Waals surface area contributed by atoms with E-state index in [0.29, 0.717) is 26.4 Å². The summed E-state index contributed by atoms with van der Waals surface area (Å²) in [4.78, 5) is 11.3. The predicted molar refractivity (Wildman–Crippen MR) is 58.6 cm³/mol. The molecule has 0 heterocycles. The van der Waals surface area contributed by atoms with Gasteiger partial charge >= 0.3 is 0 Å². The summed E-state index contributed by atoms with van der Waals surface area (Å²) in [5, 5.41) is 2.71. The van der Waals surface area contributed by atoms with E-state index in [9.17, 15) is 4.79 Å². The Labute approximate surface area is 91.3 Å². The Morgan fingerprint density at radius 3 is 2.73 bits per heavy atom. The first kappa shape index (κ1) is 14.3. The third-order valence-corrected chi connectivity index (χ3v) is 1.91. The fourth-order valence-electron chi connectivity index (χ4n) is 1.06. The highest BCUT2D eigenvalue weighted by atomic mass is 16.5. The van der Waals surface area contributed by atoms with E-state index in [4.69, 9.17) is 15.2 Å². The van der Waals surface area contributed by atoms with E-state index in [-0.39, 0.29) is 5.91 Å². The van der Waals surface area contributed by atoms with Gasteiger partial charge in [-0.25, -0.2) is 0 Å². The Morgan fingerprint density at radius 1 is 1.40 bits per heavy atom. The van der Waals surface area contributed by atoms with Gasteiger partial charge in [0.05, 0.1) is 25.9 Å². The van der Waals surface area contributed by atoms with Crippen molar-refractivity contribution in [1.82, 2.24) is 5.32 Å². The van der Waals surface area contributed by atoms with Crippen LogP contribution in [-0.4, -0.2) is 45.4 Å². The van der Waals surface area contributed by atoms with Crippen LogP contribution in [0.15, 0.2) is 0 Å². The standard InChI is InChI=1S/C10H22N2O3/c1-3-4-9(11)10(13)12-5-6-15-8-7-14-2/h9H,3-8,11H2,1-2H3,(H,12,13)/t9-/m1/s1. The Morgan fingerprint density at radius 2 is 2.13 bits per heavy atom. The minimum Gasteiger partial charge on any atom is -0.382 e. The first-order valence-electron chi connectivity index (χ1n) is 5.32. The van der Waals surface area contributed by atoms with Crippen molar-refractivity contribution in [3.8, 4) is 0 Å². The molecule has 0 aromatic carbocycles. The highest BCUT2D eigenvalue weighted by Crippen LogP contribution is 1.92. The van der Waals surface area contributed by atoms with E-state index in [2.05, 4.69) is 5.32 Å². The molecule has 0 rings (SSSR count). The normalized spacial score (nSPS) is 12.5. The van der Waals surface area contributed by atoms with E-state index in [1.165, 1.54) is 0 Å². The van der Waals surface area contributed by atoms with Gasteiger partial charge in [-0.05, 0) is 6.42 Å². The molecular weight excluding hydrogens is 196 g/mol. The van der Waals surface area contributed by atoms with Crippen LogP contribution in [-0.2, 0) is 14.3 Å². The molecule has 0 spiro atoms. The lowest BCUT2D eigenvalue weighted by molar-refractivity contribution is -0.122. The molecule has 5 heteroatoms. The monoisotopic (exact) mass is 218 g/mol. The lowest BCUT2D eigenvalue weighted by atomic mass is 10.2. The van der Waals surface area contributed by atoms with E-state index in [1.54, 1.807) is 7.11 Å². The Kier molecular flexibility index (Phi) is 9.46. The highest BCUT2D eigenvalue weighted by Gasteiger charge is 2.10. The molecule has 0 bridgehead atoms. The zero-order valence-corrected chi connectivity index (χ0v) is 9.62. The summed E-state index contributed by atoms with van der Waals surface area (Å²) in [5.41, 5.74) is 5.62. The van der Waals surface area contributed by atoms with Gasteiger partial charge in [-0.1, -0.05) is 13.3 Å².